The van der Waals surface area contributed by atoms with Crippen LogP contribution >= 0.6 is 16.1 Å². The van der Waals surface area contributed by atoms with E-state index in [2.05, 4.69) is 25.8 Å². The summed E-state index contributed by atoms with van der Waals surface area (Å²) >= 11 is 2.87. The number of aliphatic carboxylic acids is 1. The molecule has 0 saturated carbocycles. The summed E-state index contributed by atoms with van der Waals surface area (Å²) in [6.45, 7) is 3.73. The standard InChI is InChI=1S/C8H15BrN2O3/c1-3-5(2)7(8(13)14)11-6(12)4-10-9/h5,7,10H,3-4H2,1-2H3,(H,11,12)(H,13,14)/t5-,7-/m0/s1. The van der Waals surface area contributed by atoms with Crippen molar-refractivity contribution in [3.05, 3.63) is 0 Å². The van der Waals surface area contributed by atoms with E-state index in [0.717, 1.165) is 0 Å². The Morgan fingerprint density at radius 3 is 2.43 bits per heavy atom. The Hall–Kier alpha value is -0.620. The first kappa shape index (κ1) is 13.4. The Labute approximate surface area is 91.6 Å². The van der Waals surface area contributed by atoms with E-state index in [1.165, 1.54) is 0 Å². The van der Waals surface area contributed by atoms with Crippen LogP contribution in [0.5, 0.6) is 0 Å². The second-order valence-electron chi connectivity index (χ2n) is 3.08. The van der Waals surface area contributed by atoms with Crippen molar-refractivity contribution in [2.45, 2.75) is 26.3 Å². The van der Waals surface area contributed by atoms with Gasteiger partial charge in [-0.25, -0.2) is 9.14 Å². The van der Waals surface area contributed by atoms with Gasteiger partial charge in [0.2, 0.25) is 5.91 Å². The normalized spacial score (nSPS) is 14.5. The van der Waals surface area contributed by atoms with Crippen molar-refractivity contribution in [2.75, 3.05) is 6.54 Å². The monoisotopic (exact) mass is 266 g/mol. The Balaban J connectivity index is 4.23. The van der Waals surface area contributed by atoms with E-state index >= 15 is 0 Å². The van der Waals surface area contributed by atoms with Crippen molar-refractivity contribution in [2.24, 2.45) is 5.92 Å². The zero-order chi connectivity index (χ0) is 11.1. The van der Waals surface area contributed by atoms with E-state index < -0.39 is 12.0 Å². The fourth-order valence-electron chi connectivity index (χ4n) is 0.968. The van der Waals surface area contributed by atoms with E-state index in [9.17, 15) is 9.59 Å². The highest BCUT2D eigenvalue weighted by atomic mass is 79.9. The number of carbonyl (C=O) groups is 2. The molecule has 5 nitrogen and oxygen atoms in total. The molecule has 0 bridgehead atoms. The fraction of sp³-hybridized carbons (Fsp3) is 0.750. The molecule has 1 amide bonds. The number of hydrogen-bond donors (Lipinski definition) is 3. The summed E-state index contributed by atoms with van der Waals surface area (Å²) in [4.78, 5) is 21.9. The Kier molecular flexibility index (Phi) is 6.48. The van der Waals surface area contributed by atoms with Gasteiger partial charge in [0.15, 0.2) is 0 Å². The summed E-state index contributed by atoms with van der Waals surface area (Å²) in [5, 5.41) is 11.3. The largest absolute Gasteiger partial charge is 0.480 e. The van der Waals surface area contributed by atoms with Crippen molar-refractivity contribution < 1.29 is 14.7 Å². The molecule has 3 N–H and O–H groups in total. The van der Waals surface area contributed by atoms with Crippen LogP contribution in [0.2, 0.25) is 0 Å². The van der Waals surface area contributed by atoms with Crippen LogP contribution in [-0.2, 0) is 9.59 Å². The van der Waals surface area contributed by atoms with Crippen LogP contribution in [0, 0.1) is 5.92 Å². The maximum absolute atomic E-state index is 11.1. The molecule has 0 aromatic carbocycles. The van der Waals surface area contributed by atoms with Gasteiger partial charge in [0, 0.05) is 16.1 Å². The summed E-state index contributed by atoms with van der Waals surface area (Å²) in [5.41, 5.74) is 0. The molecular weight excluding hydrogens is 252 g/mol. The van der Waals surface area contributed by atoms with Crippen molar-refractivity contribution in [3.8, 4) is 0 Å². The first-order chi connectivity index (χ1) is 6.52. The molecule has 0 aliphatic heterocycles. The molecule has 0 fully saturated rings. The minimum Gasteiger partial charge on any atom is -0.480 e. The van der Waals surface area contributed by atoms with E-state index in [0.29, 0.717) is 6.42 Å². The molecule has 6 heteroatoms. The quantitative estimate of drug-likeness (QED) is 0.612. The summed E-state index contributed by atoms with van der Waals surface area (Å²) in [6.07, 6.45) is 0.707. The fourth-order valence-corrected chi connectivity index (χ4v) is 1.22. The second-order valence-corrected chi connectivity index (χ2v) is 3.64. The molecule has 0 radical (unpaired) electrons. The summed E-state index contributed by atoms with van der Waals surface area (Å²) < 4.78 is 2.48. The van der Waals surface area contributed by atoms with Gasteiger partial charge in [0.05, 0.1) is 6.54 Å². The van der Waals surface area contributed by atoms with E-state index in [1.54, 1.807) is 6.92 Å². The number of nitrogens with one attached hydrogen (secondary N) is 2. The van der Waals surface area contributed by atoms with Crippen LogP contribution < -0.4 is 9.66 Å². The van der Waals surface area contributed by atoms with Crippen LogP contribution in [0.15, 0.2) is 0 Å². The van der Waals surface area contributed by atoms with Crippen molar-refractivity contribution in [3.63, 3.8) is 0 Å². The third-order valence-electron chi connectivity index (χ3n) is 2.02. The third kappa shape index (κ3) is 4.57. The van der Waals surface area contributed by atoms with Gasteiger partial charge in [0.1, 0.15) is 6.04 Å². The Morgan fingerprint density at radius 1 is 1.50 bits per heavy atom. The minimum absolute atomic E-state index is 0.0558. The number of amides is 1. The number of rotatable bonds is 6. The number of halogens is 1. The number of carboxylic acids is 1. The molecule has 0 aromatic heterocycles. The van der Waals surface area contributed by atoms with Gasteiger partial charge >= 0.3 is 5.97 Å². The predicted octanol–water partition coefficient (Wildman–Crippen LogP) is 0.501. The zero-order valence-electron chi connectivity index (χ0n) is 8.21. The smallest absolute Gasteiger partial charge is 0.326 e. The molecule has 0 rings (SSSR count). The topological polar surface area (TPSA) is 78.4 Å². The molecular formula is C8H15BrN2O3. The molecule has 0 spiro atoms. The van der Waals surface area contributed by atoms with Crippen LogP contribution in [-0.4, -0.2) is 29.6 Å². The van der Waals surface area contributed by atoms with Crippen molar-refractivity contribution >= 4 is 28.0 Å². The number of carboxylic acid groups (broad SMARTS) is 1. The molecule has 14 heavy (non-hydrogen) atoms. The first-order valence-electron chi connectivity index (χ1n) is 4.38. The molecule has 82 valence electrons. The average Bonchev–Trinajstić information content (AvgIpc) is 2.13. The van der Waals surface area contributed by atoms with Gasteiger partial charge in [-0.05, 0) is 5.92 Å². The number of carbonyl (C=O) groups excluding carboxylic acids is 1. The van der Waals surface area contributed by atoms with E-state index in [1.807, 2.05) is 6.92 Å². The third-order valence-corrected chi connectivity index (χ3v) is 2.30. The lowest BCUT2D eigenvalue weighted by molar-refractivity contribution is -0.143. The van der Waals surface area contributed by atoms with E-state index in [-0.39, 0.29) is 18.4 Å². The zero-order valence-corrected chi connectivity index (χ0v) is 9.80. The van der Waals surface area contributed by atoms with Crippen LogP contribution in [0.4, 0.5) is 0 Å². The van der Waals surface area contributed by atoms with Crippen LogP contribution in [0.1, 0.15) is 20.3 Å². The lowest BCUT2D eigenvalue weighted by Gasteiger charge is -2.19. The van der Waals surface area contributed by atoms with Crippen LogP contribution in [0.25, 0.3) is 0 Å². The second kappa shape index (κ2) is 6.78. The highest BCUT2D eigenvalue weighted by molar-refractivity contribution is 9.08. The molecule has 0 saturated heterocycles. The Bertz CT molecular complexity index is 211. The van der Waals surface area contributed by atoms with Gasteiger partial charge < -0.3 is 10.4 Å². The summed E-state index contributed by atoms with van der Waals surface area (Å²) in [5.74, 6) is -1.41. The molecule has 0 aromatic rings. The molecule has 0 aliphatic carbocycles. The maximum atomic E-state index is 11.1. The summed E-state index contributed by atoms with van der Waals surface area (Å²) in [6, 6.07) is -0.812. The predicted molar refractivity (Wildman–Crippen MR) is 56.0 cm³/mol. The van der Waals surface area contributed by atoms with Gasteiger partial charge in [-0.2, -0.15) is 0 Å². The van der Waals surface area contributed by atoms with Gasteiger partial charge in [-0.15, -0.1) is 0 Å². The maximum Gasteiger partial charge on any atom is 0.326 e. The van der Waals surface area contributed by atoms with Crippen molar-refractivity contribution in [1.29, 1.82) is 0 Å². The minimum atomic E-state index is -0.998. The Morgan fingerprint density at radius 2 is 2.07 bits per heavy atom. The SMILES string of the molecule is CC[C@H](C)[C@H](NC(=O)CNBr)C(=O)O. The molecule has 2 atom stereocenters. The van der Waals surface area contributed by atoms with Gasteiger partial charge in [-0.1, -0.05) is 20.3 Å². The number of hydrogen-bond acceptors (Lipinski definition) is 3. The van der Waals surface area contributed by atoms with Crippen LogP contribution in [0.3, 0.4) is 0 Å². The van der Waals surface area contributed by atoms with Gasteiger partial charge in [-0.3, -0.25) is 4.79 Å². The highest BCUT2D eigenvalue weighted by Gasteiger charge is 2.24. The molecule has 0 heterocycles. The first-order valence-corrected chi connectivity index (χ1v) is 5.17. The molecule has 0 aliphatic rings. The average molecular weight is 267 g/mol. The lowest BCUT2D eigenvalue weighted by Crippen LogP contribution is -2.47. The van der Waals surface area contributed by atoms with Crippen molar-refractivity contribution in [1.82, 2.24) is 9.66 Å². The highest BCUT2D eigenvalue weighted by Crippen LogP contribution is 2.07. The summed E-state index contributed by atoms with van der Waals surface area (Å²) in [7, 11) is 0. The van der Waals surface area contributed by atoms with Gasteiger partial charge in [0.25, 0.3) is 0 Å². The van der Waals surface area contributed by atoms with E-state index in [4.69, 9.17) is 5.11 Å². The lowest BCUT2D eigenvalue weighted by atomic mass is 9.99. The molecule has 0 unspecified atom stereocenters.